The molecule has 0 amide bonds. The largest absolute Gasteiger partial charge is 0.374 e. The van der Waals surface area contributed by atoms with Crippen LogP contribution in [-0.4, -0.2) is 29.7 Å². The minimum Gasteiger partial charge on any atom is -0.374 e. The van der Waals surface area contributed by atoms with E-state index in [0.717, 1.165) is 43.1 Å². The molecule has 4 heteroatoms. The Labute approximate surface area is 110 Å². The van der Waals surface area contributed by atoms with Crippen molar-refractivity contribution in [1.82, 2.24) is 15.3 Å². The first kappa shape index (κ1) is 15.1. The van der Waals surface area contributed by atoms with Crippen molar-refractivity contribution in [1.29, 1.82) is 0 Å². The Morgan fingerprint density at radius 3 is 2.33 bits per heavy atom. The lowest BCUT2D eigenvalue weighted by atomic mass is 10.1. The summed E-state index contributed by atoms with van der Waals surface area (Å²) in [5, 5.41) is 3.34. The molecule has 0 radical (unpaired) electrons. The van der Waals surface area contributed by atoms with E-state index in [1.165, 1.54) is 5.56 Å². The molecule has 1 rings (SSSR count). The molecule has 1 aromatic heterocycles. The van der Waals surface area contributed by atoms with Gasteiger partial charge in [-0.2, -0.15) is 0 Å². The molecule has 0 saturated heterocycles. The Morgan fingerprint density at radius 2 is 1.78 bits per heavy atom. The highest BCUT2D eigenvalue weighted by Crippen LogP contribution is 2.12. The zero-order chi connectivity index (χ0) is 13.4. The van der Waals surface area contributed by atoms with E-state index < -0.39 is 0 Å². The summed E-state index contributed by atoms with van der Waals surface area (Å²) in [6, 6.07) is 0. The van der Waals surface area contributed by atoms with Gasteiger partial charge in [-0.25, -0.2) is 9.97 Å². The van der Waals surface area contributed by atoms with E-state index in [9.17, 15) is 0 Å². The highest BCUT2D eigenvalue weighted by atomic mass is 16.5. The maximum atomic E-state index is 5.35. The van der Waals surface area contributed by atoms with Crippen molar-refractivity contribution in [3.05, 3.63) is 22.8 Å². The summed E-state index contributed by atoms with van der Waals surface area (Å²) in [4.78, 5) is 9.03. The Bertz CT molecular complexity index is 343. The maximum Gasteiger partial charge on any atom is 0.154 e. The van der Waals surface area contributed by atoms with Crippen LogP contribution >= 0.6 is 0 Å². The number of nitrogens with zero attached hydrogens (tertiary/aromatic N) is 2. The fraction of sp³-hybridized carbons (Fsp3) is 0.714. The van der Waals surface area contributed by atoms with E-state index in [0.29, 0.717) is 13.2 Å². The summed E-state index contributed by atoms with van der Waals surface area (Å²) in [5.74, 6) is 0.794. The molecule has 0 aliphatic carbocycles. The number of nitrogens with one attached hydrogen (secondary N) is 1. The molecular formula is C14H25N3O. The molecule has 1 heterocycles. The summed E-state index contributed by atoms with van der Waals surface area (Å²) in [6.07, 6.45) is 2.17. The number of aromatic nitrogens is 2. The van der Waals surface area contributed by atoms with Crippen LogP contribution in [-0.2, 0) is 17.8 Å². The van der Waals surface area contributed by atoms with E-state index in [1.54, 1.807) is 0 Å². The normalized spacial score (nSPS) is 10.9. The maximum absolute atomic E-state index is 5.35. The average Bonchev–Trinajstić information content (AvgIpc) is 2.34. The molecule has 0 bridgehead atoms. The second kappa shape index (κ2) is 8.16. The van der Waals surface area contributed by atoms with Gasteiger partial charge in [-0.15, -0.1) is 0 Å². The first-order chi connectivity index (χ1) is 8.69. The number of aryl methyl sites for hydroxylation is 2. The van der Waals surface area contributed by atoms with Crippen molar-refractivity contribution in [2.24, 2.45) is 0 Å². The van der Waals surface area contributed by atoms with Crippen molar-refractivity contribution < 1.29 is 4.74 Å². The van der Waals surface area contributed by atoms with Gasteiger partial charge in [0.15, 0.2) is 5.82 Å². The Hall–Kier alpha value is -1.00. The monoisotopic (exact) mass is 251 g/mol. The van der Waals surface area contributed by atoms with Gasteiger partial charge in [0, 0.05) is 18.0 Å². The van der Waals surface area contributed by atoms with Crippen molar-refractivity contribution in [2.45, 2.75) is 47.1 Å². The van der Waals surface area contributed by atoms with E-state index in [1.807, 2.05) is 6.92 Å². The summed E-state index contributed by atoms with van der Waals surface area (Å²) < 4.78 is 5.35. The molecule has 0 aliphatic rings. The summed E-state index contributed by atoms with van der Waals surface area (Å²) in [5.41, 5.74) is 3.47. The minimum atomic E-state index is 0.510. The summed E-state index contributed by atoms with van der Waals surface area (Å²) in [6.45, 7) is 11.5. The van der Waals surface area contributed by atoms with Crippen LogP contribution in [0, 0.1) is 13.8 Å². The second-order valence-corrected chi connectivity index (χ2v) is 4.38. The Kier molecular flexibility index (Phi) is 6.83. The van der Waals surface area contributed by atoms with Gasteiger partial charge in [-0.1, -0.05) is 6.92 Å². The van der Waals surface area contributed by atoms with E-state index >= 15 is 0 Å². The first-order valence-corrected chi connectivity index (χ1v) is 6.80. The molecule has 0 spiro atoms. The molecule has 18 heavy (non-hydrogen) atoms. The lowest BCUT2D eigenvalue weighted by Gasteiger charge is -2.11. The molecule has 0 saturated carbocycles. The summed E-state index contributed by atoms with van der Waals surface area (Å²) in [7, 11) is 0. The number of hydrogen-bond acceptors (Lipinski definition) is 4. The van der Waals surface area contributed by atoms with Crippen LogP contribution in [0.25, 0.3) is 0 Å². The van der Waals surface area contributed by atoms with Gasteiger partial charge in [0.2, 0.25) is 0 Å². The van der Waals surface area contributed by atoms with Gasteiger partial charge in [-0.3, -0.25) is 0 Å². The standard InChI is InChI=1S/C14H25N3O/c1-5-15-9-7-8-13-11(3)16-14(10-18-6-2)17-12(13)4/h15H,5-10H2,1-4H3. The fourth-order valence-electron chi connectivity index (χ4n) is 2.00. The van der Waals surface area contributed by atoms with Gasteiger partial charge >= 0.3 is 0 Å². The lowest BCUT2D eigenvalue weighted by Crippen LogP contribution is -2.15. The third-order valence-electron chi connectivity index (χ3n) is 2.93. The van der Waals surface area contributed by atoms with Crippen LogP contribution in [0.4, 0.5) is 0 Å². The highest BCUT2D eigenvalue weighted by molar-refractivity contribution is 5.24. The smallest absolute Gasteiger partial charge is 0.154 e. The zero-order valence-corrected chi connectivity index (χ0v) is 12.0. The second-order valence-electron chi connectivity index (χ2n) is 4.38. The molecule has 0 atom stereocenters. The van der Waals surface area contributed by atoms with Gasteiger partial charge in [0.1, 0.15) is 6.61 Å². The first-order valence-electron chi connectivity index (χ1n) is 6.80. The van der Waals surface area contributed by atoms with E-state index in [2.05, 4.69) is 36.1 Å². The number of rotatable bonds is 8. The predicted octanol–water partition coefficient (Wildman–Crippen LogP) is 2.17. The molecule has 4 nitrogen and oxygen atoms in total. The number of hydrogen-bond donors (Lipinski definition) is 1. The lowest BCUT2D eigenvalue weighted by molar-refractivity contribution is 0.128. The average molecular weight is 251 g/mol. The van der Waals surface area contributed by atoms with Crippen molar-refractivity contribution in [3.63, 3.8) is 0 Å². The van der Waals surface area contributed by atoms with Crippen LogP contribution in [0.2, 0.25) is 0 Å². The molecule has 1 aromatic rings. The van der Waals surface area contributed by atoms with Crippen LogP contribution < -0.4 is 5.32 Å². The van der Waals surface area contributed by atoms with E-state index in [4.69, 9.17) is 4.74 Å². The van der Waals surface area contributed by atoms with Gasteiger partial charge in [0.05, 0.1) is 0 Å². The quantitative estimate of drug-likeness (QED) is 0.719. The highest BCUT2D eigenvalue weighted by Gasteiger charge is 2.08. The Balaban J connectivity index is 2.62. The SMILES string of the molecule is CCNCCCc1c(C)nc(COCC)nc1C. The van der Waals surface area contributed by atoms with E-state index in [-0.39, 0.29) is 0 Å². The van der Waals surface area contributed by atoms with Gasteiger partial charge < -0.3 is 10.1 Å². The van der Waals surface area contributed by atoms with Crippen LogP contribution in [0.15, 0.2) is 0 Å². The van der Waals surface area contributed by atoms with Crippen LogP contribution in [0.5, 0.6) is 0 Å². The third kappa shape index (κ3) is 4.70. The van der Waals surface area contributed by atoms with Gasteiger partial charge in [0.25, 0.3) is 0 Å². The Morgan fingerprint density at radius 1 is 1.11 bits per heavy atom. The molecule has 0 unspecified atom stereocenters. The van der Waals surface area contributed by atoms with Gasteiger partial charge in [-0.05, 0) is 52.3 Å². The molecule has 0 aromatic carbocycles. The topological polar surface area (TPSA) is 47.0 Å². The molecule has 102 valence electrons. The number of ether oxygens (including phenoxy) is 1. The van der Waals surface area contributed by atoms with Crippen LogP contribution in [0.1, 0.15) is 43.0 Å². The van der Waals surface area contributed by atoms with Crippen molar-refractivity contribution in [2.75, 3.05) is 19.7 Å². The molecular weight excluding hydrogens is 226 g/mol. The van der Waals surface area contributed by atoms with Crippen molar-refractivity contribution in [3.8, 4) is 0 Å². The zero-order valence-electron chi connectivity index (χ0n) is 12.0. The molecule has 1 N–H and O–H groups in total. The molecule has 0 aliphatic heterocycles. The van der Waals surface area contributed by atoms with Crippen molar-refractivity contribution >= 4 is 0 Å². The minimum absolute atomic E-state index is 0.510. The van der Waals surface area contributed by atoms with Crippen LogP contribution in [0.3, 0.4) is 0 Å². The predicted molar refractivity (Wildman–Crippen MR) is 73.7 cm³/mol. The fourth-order valence-corrected chi connectivity index (χ4v) is 2.00. The molecule has 0 fully saturated rings. The third-order valence-corrected chi connectivity index (χ3v) is 2.93. The summed E-state index contributed by atoms with van der Waals surface area (Å²) >= 11 is 0.